The minimum atomic E-state index is -3.22. The Morgan fingerprint density at radius 3 is 2.63 bits per heavy atom. The van der Waals surface area contributed by atoms with Crippen LogP contribution >= 0.6 is 0 Å². The molecule has 112 valence electrons. The van der Waals surface area contributed by atoms with Gasteiger partial charge < -0.3 is 9.64 Å². The molecule has 0 amide bonds. The van der Waals surface area contributed by atoms with E-state index in [4.69, 9.17) is 4.74 Å². The summed E-state index contributed by atoms with van der Waals surface area (Å²) in [4.78, 5) is 2.35. The molecule has 0 aromatic heterocycles. The highest BCUT2D eigenvalue weighted by Crippen LogP contribution is 2.14. The first-order chi connectivity index (χ1) is 9.05. The van der Waals surface area contributed by atoms with E-state index in [1.165, 1.54) is 19.3 Å². The lowest BCUT2D eigenvalue weighted by atomic mass is 10.1. The molecule has 2 atom stereocenters. The summed E-state index contributed by atoms with van der Waals surface area (Å²) in [5.41, 5.74) is 0. The van der Waals surface area contributed by atoms with Crippen LogP contribution in [0, 0.1) is 0 Å². The Bertz CT molecular complexity index is 360. The average molecular weight is 290 g/mol. The van der Waals surface area contributed by atoms with Crippen molar-refractivity contribution in [2.24, 2.45) is 0 Å². The van der Waals surface area contributed by atoms with Crippen molar-refractivity contribution >= 4 is 10.0 Å². The smallest absolute Gasteiger partial charge is 0.214 e. The summed E-state index contributed by atoms with van der Waals surface area (Å²) in [6.45, 7) is 5.64. The van der Waals surface area contributed by atoms with E-state index in [1.54, 1.807) is 0 Å². The summed E-state index contributed by atoms with van der Waals surface area (Å²) >= 11 is 0. The Labute approximate surface area is 116 Å². The lowest BCUT2D eigenvalue weighted by Crippen LogP contribution is -2.45. The zero-order valence-electron chi connectivity index (χ0n) is 11.8. The van der Waals surface area contributed by atoms with Crippen LogP contribution in [-0.4, -0.2) is 57.5 Å². The van der Waals surface area contributed by atoms with Crippen molar-refractivity contribution < 1.29 is 13.2 Å². The summed E-state index contributed by atoms with van der Waals surface area (Å²) in [6.07, 6.45) is 5.49. The van der Waals surface area contributed by atoms with Gasteiger partial charge in [0.25, 0.3) is 0 Å². The second-order valence-corrected chi connectivity index (χ2v) is 7.60. The zero-order valence-corrected chi connectivity index (χ0v) is 12.6. The van der Waals surface area contributed by atoms with Gasteiger partial charge in [-0.05, 0) is 45.7 Å². The first-order valence-electron chi connectivity index (χ1n) is 7.39. The van der Waals surface area contributed by atoms with Crippen molar-refractivity contribution in [3.8, 4) is 0 Å². The molecule has 5 nitrogen and oxygen atoms in total. The summed E-state index contributed by atoms with van der Waals surface area (Å²) in [5, 5.41) is 0. The highest BCUT2D eigenvalue weighted by atomic mass is 32.2. The number of hydrogen-bond donors (Lipinski definition) is 1. The standard InChI is InChI=1S/C13H26N2O3S/c1-12(10-15-7-3-2-4-8-15)14-19(16,17)11-13-6-5-9-18-13/h12-14H,2-11H2,1H3/t12-,13-/m0/s1. The van der Waals surface area contributed by atoms with E-state index in [2.05, 4.69) is 9.62 Å². The predicted octanol–water partition coefficient (Wildman–Crippen LogP) is 0.959. The summed E-state index contributed by atoms with van der Waals surface area (Å²) in [5.74, 6) is 0.108. The summed E-state index contributed by atoms with van der Waals surface area (Å²) in [6, 6.07) is -0.0236. The molecule has 0 spiro atoms. The van der Waals surface area contributed by atoms with E-state index >= 15 is 0 Å². The van der Waals surface area contributed by atoms with Gasteiger partial charge in [-0.15, -0.1) is 0 Å². The van der Waals surface area contributed by atoms with Crippen LogP contribution in [0.4, 0.5) is 0 Å². The maximum absolute atomic E-state index is 12.0. The van der Waals surface area contributed by atoms with E-state index in [9.17, 15) is 8.42 Å². The third kappa shape index (κ3) is 5.38. The maximum Gasteiger partial charge on any atom is 0.214 e. The van der Waals surface area contributed by atoms with Crippen LogP contribution in [-0.2, 0) is 14.8 Å². The zero-order chi connectivity index (χ0) is 13.7. The van der Waals surface area contributed by atoms with Gasteiger partial charge in [0.2, 0.25) is 10.0 Å². The number of nitrogens with one attached hydrogen (secondary N) is 1. The number of sulfonamides is 1. The number of rotatable bonds is 6. The van der Waals surface area contributed by atoms with Crippen LogP contribution in [0.1, 0.15) is 39.0 Å². The fraction of sp³-hybridized carbons (Fsp3) is 1.00. The molecule has 0 radical (unpaired) electrons. The monoisotopic (exact) mass is 290 g/mol. The molecule has 0 bridgehead atoms. The molecule has 2 aliphatic heterocycles. The number of hydrogen-bond acceptors (Lipinski definition) is 4. The fourth-order valence-corrected chi connectivity index (χ4v) is 4.48. The molecular weight excluding hydrogens is 264 g/mol. The van der Waals surface area contributed by atoms with Crippen molar-refractivity contribution in [2.75, 3.05) is 32.0 Å². The average Bonchev–Trinajstić information content (AvgIpc) is 2.81. The van der Waals surface area contributed by atoms with Gasteiger partial charge in [-0.1, -0.05) is 6.42 Å². The lowest BCUT2D eigenvalue weighted by molar-refractivity contribution is 0.127. The Morgan fingerprint density at radius 2 is 2.00 bits per heavy atom. The molecule has 19 heavy (non-hydrogen) atoms. The van der Waals surface area contributed by atoms with Crippen molar-refractivity contribution in [2.45, 2.75) is 51.2 Å². The van der Waals surface area contributed by atoms with E-state index in [-0.39, 0.29) is 17.9 Å². The SMILES string of the molecule is C[C@@H](CN1CCCCC1)NS(=O)(=O)C[C@@H]1CCCO1. The first kappa shape index (κ1) is 15.2. The molecule has 6 heteroatoms. The van der Waals surface area contributed by atoms with Gasteiger partial charge in [0, 0.05) is 19.2 Å². The van der Waals surface area contributed by atoms with Crippen molar-refractivity contribution in [3.63, 3.8) is 0 Å². The summed E-state index contributed by atoms with van der Waals surface area (Å²) < 4.78 is 32.2. The van der Waals surface area contributed by atoms with Gasteiger partial charge in [0.15, 0.2) is 0 Å². The van der Waals surface area contributed by atoms with Crippen molar-refractivity contribution in [1.29, 1.82) is 0 Å². The number of nitrogens with zero attached hydrogens (tertiary/aromatic N) is 1. The highest BCUT2D eigenvalue weighted by molar-refractivity contribution is 7.89. The number of piperidine rings is 1. The predicted molar refractivity (Wildman–Crippen MR) is 75.6 cm³/mol. The van der Waals surface area contributed by atoms with Crippen LogP contribution < -0.4 is 4.72 Å². The second-order valence-electron chi connectivity index (χ2n) is 5.80. The highest BCUT2D eigenvalue weighted by Gasteiger charge is 2.25. The van der Waals surface area contributed by atoms with Gasteiger partial charge in [-0.3, -0.25) is 0 Å². The molecule has 0 aromatic carbocycles. The normalized spacial score (nSPS) is 27.5. The third-order valence-corrected chi connectivity index (χ3v) is 5.36. The van der Waals surface area contributed by atoms with Crippen LogP contribution in [0.15, 0.2) is 0 Å². The van der Waals surface area contributed by atoms with Crippen LogP contribution in [0.3, 0.4) is 0 Å². The fourth-order valence-electron chi connectivity index (χ4n) is 2.94. The largest absolute Gasteiger partial charge is 0.377 e. The molecule has 2 heterocycles. The summed E-state index contributed by atoms with van der Waals surface area (Å²) in [7, 11) is -3.22. The molecule has 0 saturated carbocycles. The molecule has 2 rings (SSSR count). The topological polar surface area (TPSA) is 58.6 Å². The van der Waals surface area contributed by atoms with Crippen LogP contribution in [0.5, 0.6) is 0 Å². The second kappa shape index (κ2) is 7.02. The number of ether oxygens (including phenoxy) is 1. The Hall–Kier alpha value is -0.170. The van der Waals surface area contributed by atoms with Gasteiger partial charge in [-0.25, -0.2) is 13.1 Å². The van der Waals surface area contributed by atoms with Gasteiger partial charge in [0.05, 0.1) is 11.9 Å². The molecular formula is C13H26N2O3S. The molecule has 0 unspecified atom stereocenters. The Balaban J connectivity index is 1.74. The van der Waals surface area contributed by atoms with Crippen molar-refractivity contribution in [3.05, 3.63) is 0 Å². The van der Waals surface area contributed by atoms with E-state index in [1.807, 2.05) is 6.92 Å². The molecule has 2 fully saturated rings. The van der Waals surface area contributed by atoms with Gasteiger partial charge in [-0.2, -0.15) is 0 Å². The molecule has 2 aliphatic rings. The minimum Gasteiger partial charge on any atom is -0.377 e. The van der Waals surface area contributed by atoms with Gasteiger partial charge >= 0.3 is 0 Å². The minimum absolute atomic E-state index is 0.0236. The Kier molecular flexibility index (Phi) is 5.62. The quantitative estimate of drug-likeness (QED) is 0.791. The van der Waals surface area contributed by atoms with Crippen molar-refractivity contribution in [1.82, 2.24) is 9.62 Å². The third-order valence-electron chi connectivity index (χ3n) is 3.79. The molecule has 1 N–H and O–H groups in total. The molecule has 0 aliphatic carbocycles. The lowest BCUT2D eigenvalue weighted by Gasteiger charge is -2.29. The maximum atomic E-state index is 12.0. The Morgan fingerprint density at radius 1 is 1.26 bits per heavy atom. The first-order valence-corrected chi connectivity index (χ1v) is 9.04. The van der Waals surface area contributed by atoms with E-state index < -0.39 is 10.0 Å². The van der Waals surface area contributed by atoms with Crippen LogP contribution in [0.25, 0.3) is 0 Å². The van der Waals surface area contributed by atoms with Gasteiger partial charge in [0.1, 0.15) is 0 Å². The molecule has 0 aromatic rings. The van der Waals surface area contributed by atoms with Crippen LogP contribution in [0.2, 0.25) is 0 Å². The number of likely N-dealkylation sites (tertiary alicyclic amines) is 1. The van der Waals surface area contributed by atoms with E-state index in [0.29, 0.717) is 6.61 Å². The molecule has 2 saturated heterocycles. The van der Waals surface area contributed by atoms with E-state index in [0.717, 1.165) is 32.5 Å².